The van der Waals surface area contributed by atoms with E-state index in [1.165, 1.54) is 16.7 Å². The third kappa shape index (κ3) is 2.30. The third-order valence-electron chi connectivity index (χ3n) is 2.90. The summed E-state index contributed by atoms with van der Waals surface area (Å²) in [5.41, 5.74) is 0.806. The van der Waals surface area contributed by atoms with Crippen molar-refractivity contribution in [2.45, 2.75) is 0 Å². The molecule has 0 unspecified atom stereocenters. The van der Waals surface area contributed by atoms with Crippen LogP contribution in [0.3, 0.4) is 0 Å². The van der Waals surface area contributed by atoms with Gasteiger partial charge >= 0.3 is 0 Å². The highest BCUT2D eigenvalue weighted by molar-refractivity contribution is 8.26. The van der Waals surface area contributed by atoms with Crippen molar-refractivity contribution in [3.05, 3.63) is 53.7 Å². The van der Waals surface area contributed by atoms with E-state index >= 15 is 0 Å². The van der Waals surface area contributed by atoms with Crippen molar-refractivity contribution in [1.82, 2.24) is 4.90 Å². The first kappa shape index (κ1) is 13.1. The molecule has 0 atom stereocenters. The molecule has 1 fully saturated rings. The fraction of sp³-hybridized carbons (Fsp3) is 0.0667. The number of carbonyl (C=O) groups excluding carboxylic acids is 1. The van der Waals surface area contributed by atoms with Crippen LogP contribution in [0, 0.1) is 0 Å². The lowest BCUT2D eigenvalue weighted by Gasteiger charge is -2.10. The standard InChI is InChI=1S/C15H11NO2S2/c1-2-7-16-14(17)13(20-15(16)19)9-11-8-10-5-3-4-6-12(10)18-11/h2-6,8-9H,1,7H2/b13-9+. The summed E-state index contributed by atoms with van der Waals surface area (Å²) in [6, 6.07) is 9.65. The Hall–Kier alpha value is -1.85. The molecule has 0 spiro atoms. The Kier molecular flexibility index (Phi) is 3.46. The van der Waals surface area contributed by atoms with Crippen LogP contribution in [0.25, 0.3) is 17.0 Å². The number of rotatable bonds is 3. The highest BCUT2D eigenvalue weighted by atomic mass is 32.2. The molecule has 1 aliphatic rings. The summed E-state index contributed by atoms with van der Waals surface area (Å²) in [5, 5.41) is 1.01. The van der Waals surface area contributed by atoms with Gasteiger partial charge in [-0.2, -0.15) is 0 Å². The molecule has 3 nitrogen and oxygen atoms in total. The van der Waals surface area contributed by atoms with Gasteiger partial charge in [0.1, 0.15) is 15.7 Å². The minimum atomic E-state index is -0.0969. The van der Waals surface area contributed by atoms with Gasteiger partial charge in [-0.05, 0) is 12.1 Å². The maximum absolute atomic E-state index is 12.2. The topological polar surface area (TPSA) is 33.5 Å². The molecule has 3 rings (SSSR count). The molecular weight excluding hydrogens is 290 g/mol. The number of thioether (sulfide) groups is 1. The highest BCUT2D eigenvalue weighted by Crippen LogP contribution is 2.33. The number of fused-ring (bicyclic) bond motifs is 1. The molecule has 1 saturated heterocycles. The zero-order valence-electron chi connectivity index (χ0n) is 10.5. The second kappa shape index (κ2) is 5.26. The third-order valence-corrected chi connectivity index (χ3v) is 4.28. The van der Waals surface area contributed by atoms with Crippen LogP contribution in [0.4, 0.5) is 0 Å². The lowest BCUT2D eigenvalue weighted by atomic mass is 10.2. The molecule has 1 amide bonds. The molecule has 5 heteroatoms. The average Bonchev–Trinajstić information content (AvgIpc) is 2.95. The first-order chi connectivity index (χ1) is 9.69. The summed E-state index contributed by atoms with van der Waals surface area (Å²) in [6.45, 7) is 4.06. The van der Waals surface area contributed by atoms with Crippen LogP contribution in [0.5, 0.6) is 0 Å². The van der Waals surface area contributed by atoms with E-state index in [2.05, 4.69) is 6.58 Å². The van der Waals surface area contributed by atoms with Crippen molar-refractivity contribution in [3.63, 3.8) is 0 Å². The minimum absolute atomic E-state index is 0.0969. The second-order valence-corrected chi connectivity index (χ2v) is 5.94. The Labute approximate surface area is 125 Å². The van der Waals surface area contributed by atoms with Gasteiger partial charge in [-0.25, -0.2) is 0 Å². The predicted octanol–water partition coefficient (Wildman–Crippen LogP) is 3.82. The quantitative estimate of drug-likeness (QED) is 0.490. The van der Waals surface area contributed by atoms with Crippen molar-refractivity contribution in [2.75, 3.05) is 6.54 Å². The van der Waals surface area contributed by atoms with E-state index in [0.29, 0.717) is 21.5 Å². The van der Waals surface area contributed by atoms with Gasteiger partial charge in [0.25, 0.3) is 5.91 Å². The SMILES string of the molecule is C=CCN1C(=O)/C(=C\c2cc3ccccc3o2)SC1=S. The van der Waals surface area contributed by atoms with Crippen LogP contribution >= 0.6 is 24.0 Å². The van der Waals surface area contributed by atoms with E-state index in [1.54, 1.807) is 12.2 Å². The smallest absolute Gasteiger partial charge is 0.266 e. The number of benzene rings is 1. The lowest BCUT2D eigenvalue weighted by Crippen LogP contribution is -2.27. The van der Waals surface area contributed by atoms with Crippen molar-refractivity contribution in [2.24, 2.45) is 0 Å². The monoisotopic (exact) mass is 301 g/mol. The maximum atomic E-state index is 12.2. The van der Waals surface area contributed by atoms with Gasteiger partial charge in [-0.1, -0.05) is 48.3 Å². The summed E-state index contributed by atoms with van der Waals surface area (Å²) < 4.78 is 6.24. The molecular formula is C15H11NO2S2. The van der Waals surface area contributed by atoms with E-state index in [4.69, 9.17) is 16.6 Å². The van der Waals surface area contributed by atoms with Crippen molar-refractivity contribution < 1.29 is 9.21 Å². The van der Waals surface area contributed by atoms with Gasteiger partial charge in [0.15, 0.2) is 0 Å². The van der Waals surface area contributed by atoms with Gasteiger partial charge < -0.3 is 4.42 Å². The number of furan rings is 1. The molecule has 0 radical (unpaired) electrons. The van der Waals surface area contributed by atoms with Crippen molar-refractivity contribution in [3.8, 4) is 0 Å². The molecule has 0 N–H and O–H groups in total. The maximum Gasteiger partial charge on any atom is 0.266 e. The molecule has 0 aliphatic carbocycles. The number of amides is 1. The van der Waals surface area contributed by atoms with Crippen LogP contribution < -0.4 is 0 Å². The Morgan fingerprint density at radius 1 is 1.40 bits per heavy atom. The van der Waals surface area contributed by atoms with Crippen molar-refractivity contribution >= 4 is 51.3 Å². The first-order valence-corrected chi connectivity index (χ1v) is 7.26. The molecule has 100 valence electrons. The van der Waals surface area contributed by atoms with E-state index in [1.807, 2.05) is 30.3 Å². The lowest BCUT2D eigenvalue weighted by molar-refractivity contribution is -0.121. The summed E-state index contributed by atoms with van der Waals surface area (Å²) in [6.07, 6.45) is 3.40. The van der Waals surface area contributed by atoms with E-state index in [9.17, 15) is 4.79 Å². The van der Waals surface area contributed by atoms with Gasteiger partial charge in [0.2, 0.25) is 0 Å². The van der Waals surface area contributed by atoms with Gasteiger partial charge in [-0.15, -0.1) is 6.58 Å². The zero-order chi connectivity index (χ0) is 14.1. The fourth-order valence-corrected chi connectivity index (χ4v) is 3.24. The van der Waals surface area contributed by atoms with E-state index in [0.717, 1.165) is 11.0 Å². The summed E-state index contributed by atoms with van der Waals surface area (Å²) >= 11 is 6.48. The summed E-state index contributed by atoms with van der Waals surface area (Å²) in [5.74, 6) is 0.561. The number of thiocarbonyl (C=S) groups is 1. The first-order valence-electron chi connectivity index (χ1n) is 6.04. The Balaban J connectivity index is 1.94. The fourth-order valence-electron chi connectivity index (χ4n) is 1.99. The predicted molar refractivity (Wildman–Crippen MR) is 86.3 cm³/mol. The number of hydrogen-bond donors (Lipinski definition) is 0. The van der Waals surface area contributed by atoms with E-state index in [-0.39, 0.29) is 5.91 Å². The van der Waals surface area contributed by atoms with Gasteiger partial charge in [-0.3, -0.25) is 9.69 Å². The average molecular weight is 301 g/mol. The molecule has 20 heavy (non-hydrogen) atoms. The van der Waals surface area contributed by atoms with E-state index < -0.39 is 0 Å². The number of para-hydroxylation sites is 1. The van der Waals surface area contributed by atoms with Crippen molar-refractivity contribution in [1.29, 1.82) is 0 Å². The number of nitrogens with zero attached hydrogens (tertiary/aromatic N) is 1. The normalized spacial score (nSPS) is 17.4. The number of carbonyl (C=O) groups is 1. The Morgan fingerprint density at radius 2 is 2.20 bits per heavy atom. The minimum Gasteiger partial charge on any atom is -0.457 e. The molecule has 1 aromatic carbocycles. The molecule has 2 aromatic rings. The molecule has 1 aromatic heterocycles. The van der Waals surface area contributed by atoms with Crippen LogP contribution in [0.2, 0.25) is 0 Å². The van der Waals surface area contributed by atoms with Gasteiger partial charge in [0.05, 0.1) is 4.91 Å². The Bertz CT molecular complexity index is 712. The van der Waals surface area contributed by atoms with Crippen LogP contribution in [0.1, 0.15) is 5.76 Å². The van der Waals surface area contributed by atoms with Crippen LogP contribution in [-0.4, -0.2) is 21.7 Å². The highest BCUT2D eigenvalue weighted by Gasteiger charge is 2.31. The second-order valence-electron chi connectivity index (χ2n) is 4.27. The van der Waals surface area contributed by atoms with Gasteiger partial charge in [0, 0.05) is 18.0 Å². The molecule has 2 heterocycles. The Morgan fingerprint density at radius 3 is 2.95 bits per heavy atom. The molecule has 1 aliphatic heterocycles. The molecule has 0 saturated carbocycles. The zero-order valence-corrected chi connectivity index (χ0v) is 12.2. The summed E-state index contributed by atoms with van der Waals surface area (Å²) in [4.78, 5) is 14.3. The number of hydrogen-bond acceptors (Lipinski definition) is 4. The van der Waals surface area contributed by atoms with Crippen LogP contribution in [-0.2, 0) is 4.79 Å². The largest absolute Gasteiger partial charge is 0.457 e. The molecule has 0 bridgehead atoms. The summed E-state index contributed by atoms with van der Waals surface area (Å²) in [7, 11) is 0. The van der Waals surface area contributed by atoms with Crippen LogP contribution in [0.15, 0.2) is 52.3 Å².